The Hall–Kier alpha value is -2.02. The maximum absolute atomic E-state index is 12.0. The van der Waals surface area contributed by atoms with Crippen LogP contribution in [0, 0.1) is 0 Å². The Morgan fingerprint density at radius 1 is 1.33 bits per heavy atom. The second-order valence-electron chi connectivity index (χ2n) is 3.45. The predicted molar refractivity (Wildman–Crippen MR) is 59.1 cm³/mol. The first-order valence-corrected chi connectivity index (χ1v) is 5.21. The van der Waals surface area contributed by atoms with E-state index in [4.69, 9.17) is 4.52 Å². The van der Waals surface area contributed by atoms with Crippen molar-refractivity contribution in [3.05, 3.63) is 30.1 Å². The van der Waals surface area contributed by atoms with E-state index in [1.165, 1.54) is 12.1 Å². The summed E-state index contributed by atoms with van der Waals surface area (Å²) >= 11 is 0. The molecule has 0 bridgehead atoms. The number of hydrogen-bond acceptors (Lipinski definition) is 5. The van der Waals surface area contributed by atoms with Gasteiger partial charge in [-0.25, -0.2) is 0 Å². The Morgan fingerprint density at radius 2 is 2.06 bits per heavy atom. The number of halogens is 2. The molecule has 0 saturated heterocycles. The van der Waals surface area contributed by atoms with Gasteiger partial charge in [-0.3, -0.25) is 0 Å². The van der Waals surface area contributed by atoms with Gasteiger partial charge in [0.1, 0.15) is 5.75 Å². The number of ether oxygens (including phenoxy) is 1. The molecule has 1 aromatic carbocycles. The first kappa shape index (κ1) is 12.4. The molecular formula is C11H11F2N3O2. The second kappa shape index (κ2) is 5.54. The van der Waals surface area contributed by atoms with Crippen molar-refractivity contribution < 1.29 is 18.0 Å². The van der Waals surface area contributed by atoms with Crippen molar-refractivity contribution in [3.8, 4) is 17.2 Å². The summed E-state index contributed by atoms with van der Waals surface area (Å²) < 4.78 is 33.2. The van der Waals surface area contributed by atoms with Crippen LogP contribution in [0.5, 0.6) is 5.75 Å². The van der Waals surface area contributed by atoms with Crippen LogP contribution in [-0.4, -0.2) is 23.8 Å². The molecule has 0 saturated carbocycles. The fourth-order valence-electron chi connectivity index (χ4n) is 1.38. The minimum absolute atomic E-state index is 0.0868. The monoisotopic (exact) mass is 255 g/mol. The van der Waals surface area contributed by atoms with E-state index in [0.717, 1.165) is 0 Å². The van der Waals surface area contributed by atoms with Crippen LogP contribution >= 0.6 is 0 Å². The molecule has 1 aromatic heterocycles. The largest absolute Gasteiger partial charge is 0.435 e. The fraction of sp³-hybridized carbons (Fsp3) is 0.273. The standard InChI is InChI=1S/C11H11F2N3O2/c1-14-6-9-15-10(18-16-9)7-2-4-8(5-3-7)17-11(12)13/h2-5,11,14H,6H2,1H3. The Bertz CT molecular complexity index is 499. The van der Waals surface area contributed by atoms with Crippen molar-refractivity contribution in [2.45, 2.75) is 13.2 Å². The van der Waals surface area contributed by atoms with E-state index in [1.807, 2.05) is 0 Å². The van der Waals surface area contributed by atoms with Crippen LogP contribution < -0.4 is 10.1 Å². The van der Waals surface area contributed by atoms with Gasteiger partial charge in [0.15, 0.2) is 5.82 Å². The average Bonchev–Trinajstić information content (AvgIpc) is 2.78. The summed E-state index contributed by atoms with van der Waals surface area (Å²) in [5.74, 6) is 0.952. The molecule has 5 nitrogen and oxygen atoms in total. The first-order chi connectivity index (χ1) is 8.69. The molecule has 0 aliphatic heterocycles. The lowest BCUT2D eigenvalue weighted by molar-refractivity contribution is -0.0498. The van der Waals surface area contributed by atoms with E-state index in [2.05, 4.69) is 20.2 Å². The van der Waals surface area contributed by atoms with Crippen LogP contribution in [0.3, 0.4) is 0 Å². The van der Waals surface area contributed by atoms with Gasteiger partial charge < -0.3 is 14.6 Å². The first-order valence-electron chi connectivity index (χ1n) is 5.21. The van der Waals surface area contributed by atoms with Gasteiger partial charge in [0.2, 0.25) is 0 Å². The summed E-state index contributed by atoms with van der Waals surface area (Å²) in [7, 11) is 1.77. The number of aromatic nitrogens is 2. The number of nitrogens with zero attached hydrogens (tertiary/aromatic N) is 2. The van der Waals surface area contributed by atoms with Crippen molar-refractivity contribution in [1.82, 2.24) is 15.5 Å². The molecule has 7 heteroatoms. The molecule has 2 rings (SSSR count). The number of hydrogen-bond donors (Lipinski definition) is 1. The molecule has 0 spiro atoms. The van der Waals surface area contributed by atoms with Crippen molar-refractivity contribution in [2.24, 2.45) is 0 Å². The molecule has 0 unspecified atom stereocenters. The number of benzene rings is 1. The molecule has 0 atom stereocenters. The summed E-state index contributed by atoms with van der Waals surface area (Å²) in [5.41, 5.74) is 0.645. The zero-order valence-electron chi connectivity index (χ0n) is 9.56. The van der Waals surface area contributed by atoms with Gasteiger partial charge in [0.05, 0.1) is 6.54 Å². The van der Waals surface area contributed by atoms with Crippen LogP contribution in [0.4, 0.5) is 8.78 Å². The third-order valence-electron chi connectivity index (χ3n) is 2.13. The van der Waals surface area contributed by atoms with E-state index >= 15 is 0 Å². The van der Waals surface area contributed by atoms with Gasteiger partial charge in [-0.1, -0.05) is 5.16 Å². The van der Waals surface area contributed by atoms with Gasteiger partial charge in [0.25, 0.3) is 5.89 Å². The Labute approximate surface area is 102 Å². The lowest BCUT2D eigenvalue weighted by Crippen LogP contribution is -2.06. The van der Waals surface area contributed by atoms with Crippen LogP contribution in [0.2, 0.25) is 0 Å². The molecule has 0 amide bonds. The average molecular weight is 255 g/mol. The molecule has 0 radical (unpaired) electrons. The quantitative estimate of drug-likeness (QED) is 0.886. The molecule has 1 heterocycles. The highest BCUT2D eigenvalue weighted by molar-refractivity contribution is 5.54. The molecule has 18 heavy (non-hydrogen) atoms. The van der Waals surface area contributed by atoms with E-state index in [0.29, 0.717) is 23.8 Å². The molecular weight excluding hydrogens is 244 g/mol. The fourth-order valence-corrected chi connectivity index (χ4v) is 1.38. The highest BCUT2D eigenvalue weighted by atomic mass is 19.3. The zero-order chi connectivity index (χ0) is 13.0. The maximum Gasteiger partial charge on any atom is 0.387 e. The molecule has 2 aromatic rings. The lowest BCUT2D eigenvalue weighted by Gasteiger charge is -2.03. The third-order valence-corrected chi connectivity index (χ3v) is 2.13. The third kappa shape index (κ3) is 3.01. The van der Waals surface area contributed by atoms with Crippen molar-refractivity contribution in [3.63, 3.8) is 0 Å². The van der Waals surface area contributed by atoms with Crippen molar-refractivity contribution >= 4 is 0 Å². The Kier molecular flexibility index (Phi) is 3.83. The second-order valence-corrected chi connectivity index (χ2v) is 3.45. The topological polar surface area (TPSA) is 60.2 Å². The molecule has 0 aliphatic carbocycles. The SMILES string of the molecule is CNCc1noc(-c2ccc(OC(F)F)cc2)n1. The van der Waals surface area contributed by atoms with Crippen LogP contribution in [0.25, 0.3) is 11.5 Å². The van der Waals surface area contributed by atoms with Crippen LogP contribution in [0.1, 0.15) is 5.82 Å². The van der Waals surface area contributed by atoms with Crippen molar-refractivity contribution in [2.75, 3.05) is 7.05 Å². The van der Waals surface area contributed by atoms with Gasteiger partial charge >= 0.3 is 6.61 Å². The summed E-state index contributed by atoms with van der Waals surface area (Å²) in [4.78, 5) is 4.13. The van der Waals surface area contributed by atoms with E-state index in [9.17, 15) is 8.78 Å². The van der Waals surface area contributed by atoms with Crippen LogP contribution in [0.15, 0.2) is 28.8 Å². The normalized spacial score (nSPS) is 10.9. The Morgan fingerprint density at radius 3 is 2.67 bits per heavy atom. The molecule has 0 aliphatic rings. The van der Waals surface area contributed by atoms with Gasteiger partial charge in [-0.15, -0.1) is 0 Å². The van der Waals surface area contributed by atoms with Gasteiger partial charge in [0, 0.05) is 5.56 Å². The summed E-state index contributed by atoms with van der Waals surface area (Å²) in [6.07, 6.45) is 0. The maximum atomic E-state index is 12.0. The molecule has 96 valence electrons. The van der Waals surface area contributed by atoms with Crippen LogP contribution in [-0.2, 0) is 6.54 Å². The Balaban J connectivity index is 2.12. The highest BCUT2D eigenvalue weighted by Gasteiger charge is 2.09. The highest BCUT2D eigenvalue weighted by Crippen LogP contribution is 2.21. The molecule has 1 N–H and O–H groups in total. The molecule has 0 fully saturated rings. The van der Waals surface area contributed by atoms with E-state index < -0.39 is 6.61 Å². The minimum Gasteiger partial charge on any atom is -0.435 e. The van der Waals surface area contributed by atoms with E-state index in [-0.39, 0.29) is 5.75 Å². The summed E-state index contributed by atoms with van der Waals surface area (Å²) in [6, 6.07) is 6.00. The number of alkyl halides is 2. The minimum atomic E-state index is -2.83. The van der Waals surface area contributed by atoms with E-state index in [1.54, 1.807) is 19.2 Å². The summed E-state index contributed by atoms with van der Waals surface area (Å²) in [6.45, 7) is -2.34. The number of nitrogens with one attached hydrogen (secondary N) is 1. The van der Waals surface area contributed by atoms with Crippen molar-refractivity contribution in [1.29, 1.82) is 0 Å². The smallest absolute Gasteiger partial charge is 0.387 e. The summed E-state index contributed by atoms with van der Waals surface area (Å²) in [5, 5.41) is 6.64. The zero-order valence-corrected chi connectivity index (χ0v) is 9.56. The van der Waals surface area contributed by atoms with Gasteiger partial charge in [-0.2, -0.15) is 13.8 Å². The number of rotatable bonds is 5. The predicted octanol–water partition coefficient (Wildman–Crippen LogP) is 2.06. The lowest BCUT2D eigenvalue weighted by atomic mass is 10.2. The van der Waals surface area contributed by atoms with Gasteiger partial charge in [-0.05, 0) is 31.3 Å².